The fraction of sp³-hybridized carbons (Fsp3) is 0.0625. The van der Waals surface area contributed by atoms with Crippen molar-refractivity contribution in [1.82, 2.24) is 4.98 Å². The van der Waals surface area contributed by atoms with E-state index in [0.717, 1.165) is 12.1 Å². The lowest BCUT2D eigenvalue weighted by Gasteiger charge is -2.03. The van der Waals surface area contributed by atoms with Gasteiger partial charge in [-0.2, -0.15) is 0 Å². The molecule has 0 fully saturated rings. The summed E-state index contributed by atoms with van der Waals surface area (Å²) in [6, 6.07) is 7.11. The van der Waals surface area contributed by atoms with Crippen molar-refractivity contribution >= 4 is 16.9 Å². The minimum Gasteiger partial charge on any atom is -0.481 e. The van der Waals surface area contributed by atoms with Gasteiger partial charge in [0.1, 0.15) is 17.5 Å². The molecule has 0 aliphatic heterocycles. The molecule has 22 heavy (non-hydrogen) atoms. The highest BCUT2D eigenvalue weighted by Gasteiger charge is 2.19. The predicted molar refractivity (Wildman–Crippen MR) is 74.9 cm³/mol. The van der Waals surface area contributed by atoms with Crippen molar-refractivity contribution in [2.45, 2.75) is 6.42 Å². The largest absolute Gasteiger partial charge is 0.481 e. The number of carbonyl (C=O) groups is 1. The zero-order chi connectivity index (χ0) is 15.9. The number of aromatic nitrogens is 1. The van der Waals surface area contributed by atoms with Gasteiger partial charge in [-0.15, -0.1) is 0 Å². The Hall–Kier alpha value is -2.76. The van der Waals surface area contributed by atoms with Gasteiger partial charge >= 0.3 is 5.97 Å². The zero-order valence-corrected chi connectivity index (χ0v) is 11.2. The lowest BCUT2D eigenvalue weighted by atomic mass is 10.0. The molecular formula is C16H10F3NO2. The second-order valence-corrected chi connectivity index (χ2v) is 4.87. The third-order valence-electron chi connectivity index (χ3n) is 3.39. The van der Waals surface area contributed by atoms with Crippen LogP contribution in [0.2, 0.25) is 0 Å². The topological polar surface area (TPSA) is 53.1 Å². The Morgan fingerprint density at radius 1 is 1.05 bits per heavy atom. The minimum atomic E-state index is -1.13. The van der Waals surface area contributed by atoms with Gasteiger partial charge in [-0.1, -0.05) is 0 Å². The number of rotatable bonds is 3. The molecule has 0 aliphatic carbocycles. The quantitative estimate of drug-likeness (QED) is 0.771. The Bertz CT molecular complexity index is 869. The van der Waals surface area contributed by atoms with Crippen LogP contribution in [0.4, 0.5) is 13.2 Å². The van der Waals surface area contributed by atoms with Crippen LogP contribution in [0.5, 0.6) is 0 Å². The number of aliphatic carboxylic acids is 1. The third kappa shape index (κ3) is 2.43. The maximum Gasteiger partial charge on any atom is 0.307 e. The molecule has 0 unspecified atom stereocenters. The van der Waals surface area contributed by atoms with Crippen molar-refractivity contribution in [3.63, 3.8) is 0 Å². The molecule has 3 aromatic rings. The monoisotopic (exact) mass is 305 g/mol. The smallest absolute Gasteiger partial charge is 0.307 e. The van der Waals surface area contributed by atoms with Crippen LogP contribution in [0.3, 0.4) is 0 Å². The fourth-order valence-electron chi connectivity index (χ4n) is 2.47. The molecule has 2 aromatic carbocycles. The predicted octanol–water partition coefficient (Wildman–Crippen LogP) is 3.88. The summed E-state index contributed by atoms with van der Waals surface area (Å²) in [4.78, 5) is 13.8. The molecule has 0 radical (unpaired) electrons. The van der Waals surface area contributed by atoms with Gasteiger partial charge in [0.25, 0.3) is 0 Å². The van der Waals surface area contributed by atoms with Gasteiger partial charge in [0.15, 0.2) is 0 Å². The number of halogens is 3. The molecule has 3 rings (SSSR count). The molecule has 0 atom stereocenters. The third-order valence-corrected chi connectivity index (χ3v) is 3.39. The maximum absolute atomic E-state index is 13.9. The summed E-state index contributed by atoms with van der Waals surface area (Å²) < 4.78 is 40.3. The molecule has 0 spiro atoms. The average molecular weight is 305 g/mol. The Morgan fingerprint density at radius 3 is 2.36 bits per heavy atom. The van der Waals surface area contributed by atoms with Crippen molar-refractivity contribution in [2.24, 2.45) is 0 Å². The summed E-state index contributed by atoms with van der Waals surface area (Å²) in [7, 11) is 0. The molecular weight excluding hydrogens is 295 g/mol. The van der Waals surface area contributed by atoms with E-state index < -0.39 is 29.8 Å². The molecule has 1 heterocycles. The van der Waals surface area contributed by atoms with Crippen LogP contribution in [-0.2, 0) is 11.2 Å². The number of carboxylic acids is 1. The number of benzene rings is 2. The number of carboxylic acid groups (broad SMARTS) is 1. The standard InChI is InChI=1S/C16H10F3NO2/c17-9-3-1-8(2-4-9)15-12(7-14(21)22)11-5-10(18)6-13(19)16(11)20-15/h1-6,20H,7H2,(H,21,22). The molecule has 6 heteroatoms. The molecule has 0 saturated heterocycles. The summed E-state index contributed by atoms with van der Waals surface area (Å²) in [6.45, 7) is 0. The SMILES string of the molecule is O=C(O)Cc1c(-c2ccc(F)cc2)[nH]c2c(F)cc(F)cc12. The first-order valence-electron chi connectivity index (χ1n) is 6.43. The lowest BCUT2D eigenvalue weighted by Crippen LogP contribution is -2.01. The Balaban J connectivity index is 2.30. The zero-order valence-electron chi connectivity index (χ0n) is 11.2. The van der Waals surface area contributed by atoms with Crippen molar-refractivity contribution in [3.05, 3.63) is 59.4 Å². The van der Waals surface area contributed by atoms with E-state index in [0.29, 0.717) is 11.3 Å². The molecule has 3 nitrogen and oxygen atoms in total. The van der Waals surface area contributed by atoms with Gasteiger partial charge in [-0.3, -0.25) is 4.79 Å². The van der Waals surface area contributed by atoms with Crippen LogP contribution in [0.15, 0.2) is 36.4 Å². The van der Waals surface area contributed by atoms with Crippen molar-refractivity contribution < 1.29 is 23.1 Å². The van der Waals surface area contributed by atoms with Crippen molar-refractivity contribution in [2.75, 3.05) is 0 Å². The summed E-state index contributed by atoms with van der Waals surface area (Å²) in [6.07, 6.45) is -0.407. The number of hydrogen-bond acceptors (Lipinski definition) is 1. The van der Waals surface area contributed by atoms with Gasteiger partial charge in [0, 0.05) is 11.5 Å². The second-order valence-electron chi connectivity index (χ2n) is 4.87. The van der Waals surface area contributed by atoms with E-state index in [2.05, 4.69) is 4.98 Å². The molecule has 1 aromatic heterocycles. The van der Waals surface area contributed by atoms with E-state index in [4.69, 9.17) is 5.11 Å². The van der Waals surface area contributed by atoms with Crippen LogP contribution in [0.25, 0.3) is 22.2 Å². The summed E-state index contributed by atoms with van der Waals surface area (Å²) >= 11 is 0. The number of H-pyrrole nitrogens is 1. The van der Waals surface area contributed by atoms with Crippen LogP contribution < -0.4 is 0 Å². The van der Waals surface area contributed by atoms with Gasteiger partial charge < -0.3 is 10.1 Å². The minimum absolute atomic E-state index is 0.0250. The van der Waals surface area contributed by atoms with E-state index in [1.54, 1.807) is 0 Å². The van der Waals surface area contributed by atoms with E-state index in [1.165, 1.54) is 24.3 Å². The fourth-order valence-corrected chi connectivity index (χ4v) is 2.47. The summed E-state index contributed by atoms with van der Waals surface area (Å²) in [5.41, 5.74) is 1.11. The average Bonchev–Trinajstić information content (AvgIpc) is 2.78. The first-order valence-corrected chi connectivity index (χ1v) is 6.43. The van der Waals surface area contributed by atoms with E-state index >= 15 is 0 Å². The number of fused-ring (bicyclic) bond motifs is 1. The Labute approximate surface area is 123 Å². The molecule has 0 aliphatic rings. The molecule has 0 saturated carbocycles. The number of hydrogen-bond donors (Lipinski definition) is 2. The van der Waals surface area contributed by atoms with Crippen LogP contribution in [0, 0.1) is 17.5 Å². The van der Waals surface area contributed by atoms with Crippen molar-refractivity contribution in [3.8, 4) is 11.3 Å². The van der Waals surface area contributed by atoms with E-state index in [-0.39, 0.29) is 16.5 Å². The van der Waals surface area contributed by atoms with E-state index in [1.807, 2.05) is 0 Å². The highest BCUT2D eigenvalue weighted by Crippen LogP contribution is 2.32. The summed E-state index contributed by atoms with van der Waals surface area (Å²) in [5, 5.41) is 9.20. The first kappa shape index (κ1) is 14.2. The van der Waals surface area contributed by atoms with Crippen molar-refractivity contribution in [1.29, 1.82) is 0 Å². The van der Waals surface area contributed by atoms with E-state index in [9.17, 15) is 18.0 Å². The molecule has 112 valence electrons. The first-order chi connectivity index (χ1) is 10.5. The summed E-state index contributed by atoms with van der Waals surface area (Å²) in [5.74, 6) is -3.18. The maximum atomic E-state index is 13.9. The van der Waals surface area contributed by atoms with Crippen LogP contribution >= 0.6 is 0 Å². The highest BCUT2D eigenvalue weighted by molar-refractivity contribution is 5.94. The number of nitrogens with one attached hydrogen (secondary N) is 1. The molecule has 0 bridgehead atoms. The second kappa shape index (κ2) is 5.22. The van der Waals surface area contributed by atoms with Gasteiger partial charge in [0.2, 0.25) is 0 Å². The molecule has 0 amide bonds. The van der Waals surface area contributed by atoms with Crippen LogP contribution in [-0.4, -0.2) is 16.1 Å². The molecule has 2 N–H and O–H groups in total. The van der Waals surface area contributed by atoms with Gasteiger partial charge in [0.05, 0.1) is 17.6 Å². The Kier molecular flexibility index (Phi) is 3.36. The lowest BCUT2D eigenvalue weighted by molar-refractivity contribution is -0.136. The highest BCUT2D eigenvalue weighted by atomic mass is 19.1. The number of aromatic amines is 1. The normalized spacial score (nSPS) is 11.0. The Morgan fingerprint density at radius 2 is 1.73 bits per heavy atom. The van der Waals surface area contributed by atoms with Gasteiger partial charge in [-0.25, -0.2) is 13.2 Å². The van der Waals surface area contributed by atoms with Crippen LogP contribution in [0.1, 0.15) is 5.56 Å². The van der Waals surface area contributed by atoms with Gasteiger partial charge in [-0.05, 0) is 41.5 Å².